The molecule has 1 aliphatic rings. The number of esters is 1. The molecule has 1 fully saturated rings. The molecule has 0 bridgehead atoms. The van der Waals surface area contributed by atoms with E-state index in [0.717, 1.165) is 24.4 Å². The van der Waals surface area contributed by atoms with E-state index in [2.05, 4.69) is 25.0 Å². The van der Waals surface area contributed by atoms with Gasteiger partial charge in [0.1, 0.15) is 24.6 Å². The number of halogens is 4. The summed E-state index contributed by atoms with van der Waals surface area (Å²) in [6.45, 7) is 0.414. The van der Waals surface area contributed by atoms with Gasteiger partial charge in [0.2, 0.25) is 0 Å². The largest absolute Gasteiger partial charge is 0.471 e. The highest BCUT2D eigenvalue weighted by atomic mass is 35.5. The number of rotatable bonds is 11. The molecule has 1 amide bonds. The zero-order valence-corrected chi connectivity index (χ0v) is 23.0. The third-order valence-corrected chi connectivity index (χ3v) is 7.52. The van der Waals surface area contributed by atoms with E-state index in [4.69, 9.17) is 16.3 Å². The van der Waals surface area contributed by atoms with Gasteiger partial charge in [0.25, 0.3) is 0 Å². The summed E-state index contributed by atoms with van der Waals surface area (Å²) in [4.78, 5) is 35.9. The average Bonchev–Trinajstić information content (AvgIpc) is 3.49. The number of nitrogens with zero attached hydrogens (tertiary/aromatic N) is 4. The van der Waals surface area contributed by atoms with Gasteiger partial charge in [-0.05, 0) is 29.9 Å². The minimum Gasteiger partial charge on any atom is -0.467 e. The van der Waals surface area contributed by atoms with E-state index in [0.29, 0.717) is 28.5 Å². The predicted molar refractivity (Wildman–Crippen MR) is 142 cm³/mol. The number of aliphatic hydroxyl groups excluding tert-OH is 2. The molecular formula is C24H26ClF3N6O6S. The molecule has 1 aromatic carbocycles. The topological polar surface area (TPSA) is 161 Å². The zero-order chi connectivity index (χ0) is 29.7. The van der Waals surface area contributed by atoms with Gasteiger partial charge in [-0.25, -0.2) is 19.7 Å². The highest BCUT2D eigenvalue weighted by molar-refractivity contribution is 7.99. The van der Waals surface area contributed by atoms with Crippen LogP contribution in [0.1, 0.15) is 18.2 Å². The molecule has 0 radical (unpaired) electrons. The summed E-state index contributed by atoms with van der Waals surface area (Å²) in [6.07, 6.45) is -7.13. The van der Waals surface area contributed by atoms with Gasteiger partial charge in [0.15, 0.2) is 23.2 Å². The minimum absolute atomic E-state index is 0.119. The number of amides is 1. The fourth-order valence-electron chi connectivity index (χ4n) is 4.13. The first kappa shape index (κ1) is 30.8. The van der Waals surface area contributed by atoms with Gasteiger partial charge < -0.3 is 30.3 Å². The molecule has 1 saturated heterocycles. The van der Waals surface area contributed by atoms with E-state index in [-0.39, 0.29) is 17.9 Å². The third kappa shape index (κ3) is 7.37. The Hall–Kier alpha value is -3.18. The van der Waals surface area contributed by atoms with Gasteiger partial charge in [-0.1, -0.05) is 23.7 Å². The smallest absolute Gasteiger partial charge is 0.467 e. The highest BCUT2D eigenvalue weighted by Crippen LogP contribution is 2.34. The minimum atomic E-state index is -5.15. The van der Waals surface area contributed by atoms with Crippen molar-refractivity contribution >= 4 is 52.2 Å². The van der Waals surface area contributed by atoms with Crippen LogP contribution in [0.5, 0.6) is 0 Å². The molecule has 0 saturated carbocycles. The highest BCUT2D eigenvalue weighted by Gasteiger charge is 2.44. The number of anilines is 1. The molecule has 0 unspecified atom stereocenters. The second kappa shape index (κ2) is 13.2. The molecule has 4 N–H and O–H groups in total. The average molecular weight is 619 g/mol. The maximum absolute atomic E-state index is 12.6. The van der Waals surface area contributed by atoms with Crippen molar-refractivity contribution in [2.75, 3.05) is 23.9 Å². The number of hydrogen-bond donors (Lipinski definition) is 4. The number of fused-ring (bicyclic) bond motifs is 1. The summed E-state index contributed by atoms with van der Waals surface area (Å²) in [5, 5.41) is 26.7. The molecule has 0 aliphatic carbocycles. The summed E-state index contributed by atoms with van der Waals surface area (Å²) in [6, 6.07) is 5.79. The molecule has 5 atom stereocenters. The molecule has 1 aliphatic heterocycles. The molecule has 0 spiro atoms. The number of carbonyl (C=O) groups is 2. The van der Waals surface area contributed by atoms with Crippen molar-refractivity contribution in [2.45, 2.75) is 49.7 Å². The van der Waals surface area contributed by atoms with Crippen LogP contribution < -0.4 is 10.6 Å². The summed E-state index contributed by atoms with van der Waals surface area (Å²) < 4.78 is 49.6. The first-order chi connectivity index (χ1) is 19.5. The second-order valence-corrected chi connectivity index (χ2v) is 10.6. The van der Waals surface area contributed by atoms with Gasteiger partial charge >= 0.3 is 18.1 Å². The SMILES string of the molecule is COC(=O)[C@H](CCSC[C@H]1O[C@@H](n2cnc3c(NCc4cccc(Cl)c4)ncnc32)[C@H](O)[C@@H]1O)NC(=O)C(F)(F)F. The summed E-state index contributed by atoms with van der Waals surface area (Å²) in [5.74, 6) is -2.59. The molecule has 3 heterocycles. The third-order valence-electron chi connectivity index (χ3n) is 6.20. The number of imidazole rings is 1. The fourth-order valence-corrected chi connectivity index (χ4v) is 5.42. The van der Waals surface area contributed by atoms with Crippen molar-refractivity contribution in [2.24, 2.45) is 0 Å². The van der Waals surface area contributed by atoms with Crippen molar-refractivity contribution in [1.29, 1.82) is 0 Å². The van der Waals surface area contributed by atoms with Gasteiger partial charge in [0.05, 0.1) is 19.5 Å². The lowest BCUT2D eigenvalue weighted by molar-refractivity contribution is -0.175. The van der Waals surface area contributed by atoms with Gasteiger partial charge in [-0.2, -0.15) is 24.9 Å². The lowest BCUT2D eigenvalue weighted by Gasteiger charge is -2.18. The number of methoxy groups -OCH3 is 1. The van der Waals surface area contributed by atoms with E-state index in [1.165, 1.54) is 17.2 Å². The van der Waals surface area contributed by atoms with E-state index < -0.39 is 48.6 Å². The Kier molecular flexibility index (Phi) is 9.91. The molecule has 2 aromatic heterocycles. The Morgan fingerprint density at radius 3 is 2.73 bits per heavy atom. The van der Waals surface area contributed by atoms with Crippen LogP contribution in [-0.4, -0.2) is 90.8 Å². The van der Waals surface area contributed by atoms with Crippen LogP contribution >= 0.6 is 23.4 Å². The number of benzene rings is 1. The maximum atomic E-state index is 12.6. The first-order valence-electron chi connectivity index (χ1n) is 12.2. The molecule has 222 valence electrons. The van der Waals surface area contributed by atoms with Crippen LogP contribution in [0.25, 0.3) is 11.2 Å². The fraction of sp³-hybridized carbons (Fsp3) is 0.458. The standard InChI is InChI=1S/C24H26ClF3N6O6S/c1-39-22(37)14(33-23(38)24(26,27)28)5-6-41-9-15-17(35)18(36)21(40-15)34-11-32-16-19(30-10-31-20(16)34)29-8-12-3-2-4-13(25)7-12/h2-4,7,10-11,14-15,17-18,21,35-36H,5-6,8-9H2,1H3,(H,33,38)(H,29,30,31)/t14-,15+,17+,18+,21+/m0/s1. The molecule has 12 nitrogen and oxygen atoms in total. The summed E-state index contributed by atoms with van der Waals surface area (Å²) in [7, 11) is 0.996. The predicted octanol–water partition coefficient (Wildman–Crippen LogP) is 2.05. The number of ether oxygens (including phenoxy) is 2. The Morgan fingerprint density at radius 2 is 2.02 bits per heavy atom. The molecular weight excluding hydrogens is 593 g/mol. The Balaban J connectivity index is 1.36. The Bertz CT molecular complexity index is 1380. The van der Waals surface area contributed by atoms with Crippen LogP contribution in [-0.2, 0) is 25.6 Å². The van der Waals surface area contributed by atoms with Crippen LogP contribution in [0.3, 0.4) is 0 Å². The number of carbonyl (C=O) groups excluding carboxylic acids is 2. The van der Waals surface area contributed by atoms with Gasteiger partial charge in [0, 0.05) is 17.3 Å². The normalized spacial score (nSPS) is 21.5. The first-order valence-corrected chi connectivity index (χ1v) is 13.7. The second-order valence-electron chi connectivity index (χ2n) is 8.99. The lowest BCUT2D eigenvalue weighted by Crippen LogP contribution is -2.47. The Labute approximate surface area is 240 Å². The zero-order valence-electron chi connectivity index (χ0n) is 21.4. The van der Waals surface area contributed by atoms with E-state index >= 15 is 0 Å². The van der Waals surface area contributed by atoms with Crippen LogP contribution in [0.4, 0.5) is 19.0 Å². The molecule has 17 heteroatoms. The van der Waals surface area contributed by atoms with Crippen LogP contribution in [0, 0.1) is 0 Å². The Morgan fingerprint density at radius 1 is 1.24 bits per heavy atom. The van der Waals surface area contributed by atoms with Crippen molar-refractivity contribution in [3.05, 3.63) is 47.5 Å². The number of thioether (sulfide) groups is 1. The lowest BCUT2D eigenvalue weighted by atomic mass is 10.1. The monoisotopic (exact) mass is 618 g/mol. The quantitative estimate of drug-likeness (QED) is 0.184. The van der Waals surface area contributed by atoms with Crippen molar-refractivity contribution in [1.82, 2.24) is 24.8 Å². The van der Waals surface area contributed by atoms with Gasteiger partial charge in [-0.15, -0.1) is 0 Å². The number of nitrogens with one attached hydrogen (secondary N) is 2. The van der Waals surface area contributed by atoms with Gasteiger partial charge in [-0.3, -0.25) is 9.36 Å². The van der Waals surface area contributed by atoms with E-state index in [1.807, 2.05) is 18.2 Å². The number of aliphatic hydroxyl groups is 2. The van der Waals surface area contributed by atoms with Crippen LogP contribution in [0.2, 0.25) is 5.02 Å². The number of alkyl halides is 3. The van der Waals surface area contributed by atoms with E-state index in [9.17, 15) is 33.0 Å². The van der Waals surface area contributed by atoms with Crippen molar-refractivity contribution in [3.8, 4) is 0 Å². The van der Waals surface area contributed by atoms with Crippen LogP contribution in [0.15, 0.2) is 36.9 Å². The molecule has 3 aromatic rings. The molecule has 4 rings (SSSR count). The van der Waals surface area contributed by atoms with Crippen molar-refractivity contribution in [3.63, 3.8) is 0 Å². The maximum Gasteiger partial charge on any atom is 0.471 e. The number of hydrogen-bond acceptors (Lipinski definition) is 11. The van der Waals surface area contributed by atoms with Crippen molar-refractivity contribution < 1.29 is 42.4 Å². The summed E-state index contributed by atoms with van der Waals surface area (Å²) >= 11 is 7.19. The number of aromatic nitrogens is 4. The van der Waals surface area contributed by atoms with E-state index in [1.54, 1.807) is 11.4 Å². The molecule has 41 heavy (non-hydrogen) atoms. The summed E-state index contributed by atoms with van der Waals surface area (Å²) in [5.41, 5.74) is 1.68.